The molecule has 0 aromatic heterocycles. The standard InChI is InChI=1S/C13H12N2O/c1-4-13(2,3)15-12(16)11-7-5-10(9-14)6-8-11/h1,5-8H,2-3H3,(H,15,16). The maximum Gasteiger partial charge on any atom is 0.252 e. The third kappa shape index (κ3) is 2.87. The minimum Gasteiger partial charge on any atom is -0.336 e. The van der Waals surface area contributed by atoms with Crippen LogP contribution in [0.5, 0.6) is 0 Å². The lowest BCUT2D eigenvalue weighted by atomic mass is 10.1. The fourth-order valence-corrected chi connectivity index (χ4v) is 1.09. The van der Waals surface area contributed by atoms with Crippen LogP contribution in [0.25, 0.3) is 0 Å². The summed E-state index contributed by atoms with van der Waals surface area (Å²) in [6.45, 7) is 3.49. The molecule has 1 rings (SSSR count). The van der Waals surface area contributed by atoms with Crippen molar-refractivity contribution in [3.05, 3.63) is 35.4 Å². The van der Waals surface area contributed by atoms with Crippen LogP contribution >= 0.6 is 0 Å². The molecular formula is C13H12N2O. The van der Waals surface area contributed by atoms with E-state index >= 15 is 0 Å². The molecule has 0 radical (unpaired) electrons. The van der Waals surface area contributed by atoms with E-state index in [1.54, 1.807) is 38.1 Å². The highest BCUT2D eigenvalue weighted by atomic mass is 16.1. The summed E-state index contributed by atoms with van der Waals surface area (Å²) in [6.07, 6.45) is 5.27. The number of nitrogens with one attached hydrogen (secondary N) is 1. The molecule has 1 N–H and O–H groups in total. The van der Waals surface area contributed by atoms with Crippen LogP contribution in [0.4, 0.5) is 0 Å². The third-order valence-electron chi connectivity index (χ3n) is 2.06. The van der Waals surface area contributed by atoms with Crippen LogP contribution in [0.15, 0.2) is 24.3 Å². The SMILES string of the molecule is C#CC(C)(C)NC(=O)c1ccc(C#N)cc1. The van der Waals surface area contributed by atoms with Crippen LogP contribution in [0.3, 0.4) is 0 Å². The Bertz CT molecular complexity index is 472. The Kier molecular flexibility index (Phi) is 3.33. The molecule has 0 fully saturated rings. The maximum absolute atomic E-state index is 11.7. The lowest BCUT2D eigenvalue weighted by Gasteiger charge is -2.19. The van der Waals surface area contributed by atoms with E-state index in [1.807, 2.05) is 6.07 Å². The van der Waals surface area contributed by atoms with Crippen LogP contribution in [0.1, 0.15) is 29.8 Å². The zero-order valence-corrected chi connectivity index (χ0v) is 9.24. The second-order valence-electron chi connectivity index (χ2n) is 3.91. The number of carbonyl (C=O) groups is 1. The molecular weight excluding hydrogens is 200 g/mol. The van der Waals surface area contributed by atoms with Crippen molar-refractivity contribution in [3.8, 4) is 18.4 Å². The molecule has 0 saturated carbocycles. The average molecular weight is 212 g/mol. The smallest absolute Gasteiger partial charge is 0.252 e. The van der Waals surface area contributed by atoms with Crippen molar-refractivity contribution in [2.45, 2.75) is 19.4 Å². The molecule has 0 unspecified atom stereocenters. The van der Waals surface area contributed by atoms with Gasteiger partial charge in [0.25, 0.3) is 5.91 Å². The highest BCUT2D eigenvalue weighted by Gasteiger charge is 2.17. The molecule has 1 aromatic carbocycles. The van der Waals surface area contributed by atoms with Gasteiger partial charge in [0, 0.05) is 5.56 Å². The van der Waals surface area contributed by atoms with Gasteiger partial charge in [0.1, 0.15) is 0 Å². The van der Waals surface area contributed by atoms with Crippen molar-refractivity contribution < 1.29 is 4.79 Å². The first kappa shape index (κ1) is 11.8. The van der Waals surface area contributed by atoms with E-state index in [-0.39, 0.29) is 5.91 Å². The van der Waals surface area contributed by atoms with Gasteiger partial charge in [0.15, 0.2) is 0 Å². The van der Waals surface area contributed by atoms with E-state index in [4.69, 9.17) is 11.7 Å². The van der Waals surface area contributed by atoms with E-state index in [0.717, 1.165) is 0 Å². The molecule has 0 spiro atoms. The number of benzene rings is 1. The molecule has 16 heavy (non-hydrogen) atoms. The van der Waals surface area contributed by atoms with Crippen molar-refractivity contribution in [2.24, 2.45) is 0 Å². The summed E-state index contributed by atoms with van der Waals surface area (Å²) < 4.78 is 0. The summed E-state index contributed by atoms with van der Waals surface area (Å²) in [5.41, 5.74) is 0.334. The van der Waals surface area contributed by atoms with Gasteiger partial charge in [-0.2, -0.15) is 5.26 Å². The van der Waals surface area contributed by atoms with Crippen LogP contribution in [-0.2, 0) is 0 Å². The number of amides is 1. The fraction of sp³-hybridized carbons (Fsp3) is 0.231. The van der Waals surface area contributed by atoms with Crippen molar-refractivity contribution in [1.82, 2.24) is 5.32 Å². The van der Waals surface area contributed by atoms with Crippen molar-refractivity contribution >= 4 is 5.91 Å². The quantitative estimate of drug-likeness (QED) is 0.758. The lowest BCUT2D eigenvalue weighted by molar-refractivity contribution is 0.0930. The fourth-order valence-electron chi connectivity index (χ4n) is 1.09. The van der Waals surface area contributed by atoms with E-state index < -0.39 is 5.54 Å². The number of carbonyl (C=O) groups excluding carboxylic acids is 1. The molecule has 0 bridgehead atoms. The predicted molar refractivity (Wildman–Crippen MR) is 61.5 cm³/mol. The minimum atomic E-state index is -0.676. The van der Waals surface area contributed by atoms with Gasteiger partial charge in [0.05, 0.1) is 17.2 Å². The highest BCUT2D eigenvalue weighted by Crippen LogP contribution is 2.06. The Balaban J connectivity index is 2.83. The first-order valence-corrected chi connectivity index (χ1v) is 4.79. The van der Waals surface area contributed by atoms with E-state index in [1.165, 1.54) is 0 Å². The third-order valence-corrected chi connectivity index (χ3v) is 2.06. The second kappa shape index (κ2) is 4.51. The average Bonchev–Trinajstić information content (AvgIpc) is 2.28. The van der Waals surface area contributed by atoms with Gasteiger partial charge < -0.3 is 5.32 Å². The first-order chi connectivity index (χ1) is 7.48. The van der Waals surface area contributed by atoms with Crippen LogP contribution in [0.2, 0.25) is 0 Å². The summed E-state index contributed by atoms with van der Waals surface area (Å²) in [7, 11) is 0. The Morgan fingerprint density at radius 1 is 1.38 bits per heavy atom. The molecule has 1 amide bonds. The molecule has 1 aromatic rings. The number of nitrogens with zero attached hydrogens (tertiary/aromatic N) is 1. The van der Waals surface area contributed by atoms with Crippen molar-refractivity contribution in [3.63, 3.8) is 0 Å². The molecule has 80 valence electrons. The van der Waals surface area contributed by atoms with Crippen LogP contribution in [0, 0.1) is 23.7 Å². The number of nitriles is 1. The van der Waals surface area contributed by atoms with Gasteiger partial charge in [-0.05, 0) is 38.1 Å². The van der Waals surface area contributed by atoms with Gasteiger partial charge in [-0.15, -0.1) is 6.42 Å². The monoisotopic (exact) mass is 212 g/mol. The molecule has 0 atom stereocenters. The summed E-state index contributed by atoms with van der Waals surface area (Å²) in [5, 5.41) is 11.3. The second-order valence-corrected chi connectivity index (χ2v) is 3.91. The largest absolute Gasteiger partial charge is 0.336 e. The molecule has 3 nitrogen and oxygen atoms in total. The summed E-state index contributed by atoms with van der Waals surface area (Å²) in [4.78, 5) is 11.7. The molecule has 0 heterocycles. The summed E-state index contributed by atoms with van der Waals surface area (Å²) >= 11 is 0. The van der Waals surface area contributed by atoms with Gasteiger partial charge in [-0.1, -0.05) is 5.92 Å². The van der Waals surface area contributed by atoms with Crippen LogP contribution < -0.4 is 5.32 Å². The van der Waals surface area contributed by atoms with E-state index in [9.17, 15) is 4.79 Å². The zero-order chi connectivity index (χ0) is 12.2. The summed E-state index contributed by atoms with van der Waals surface area (Å²) in [5.74, 6) is 2.24. The number of terminal acetylenes is 1. The molecule has 3 heteroatoms. The zero-order valence-electron chi connectivity index (χ0n) is 9.24. The van der Waals surface area contributed by atoms with Gasteiger partial charge >= 0.3 is 0 Å². The Hall–Kier alpha value is -2.26. The topological polar surface area (TPSA) is 52.9 Å². The first-order valence-electron chi connectivity index (χ1n) is 4.79. The Morgan fingerprint density at radius 3 is 2.38 bits per heavy atom. The summed E-state index contributed by atoms with van der Waals surface area (Å²) in [6, 6.07) is 8.37. The van der Waals surface area contributed by atoms with E-state index in [2.05, 4.69) is 11.2 Å². The van der Waals surface area contributed by atoms with Crippen molar-refractivity contribution in [2.75, 3.05) is 0 Å². The van der Waals surface area contributed by atoms with Gasteiger partial charge in [-0.25, -0.2) is 0 Å². The molecule has 0 saturated heterocycles. The maximum atomic E-state index is 11.7. The Morgan fingerprint density at radius 2 is 1.94 bits per heavy atom. The van der Waals surface area contributed by atoms with Gasteiger partial charge in [0.2, 0.25) is 0 Å². The number of hydrogen-bond donors (Lipinski definition) is 1. The number of hydrogen-bond acceptors (Lipinski definition) is 2. The molecule has 0 aliphatic heterocycles. The lowest BCUT2D eigenvalue weighted by Crippen LogP contribution is -2.42. The normalized spacial score (nSPS) is 10.0. The predicted octanol–water partition coefficient (Wildman–Crippen LogP) is 1.70. The van der Waals surface area contributed by atoms with E-state index in [0.29, 0.717) is 11.1 Å². The Labute approximate surface area is 95.1 Å². The van der Waals surface area contributed by atoms with Gasteiger partial charge in [-0.3, -0.25) is 4.79 Å². The molecule has 0 aliphatic rings. The minimum absolute atomic E-state index is 0.243. The highest BCUT2D eigenvalue weighted by molar-refractivity contribution is 5.95. The van der Waals surface area contributed by atoms with Crippen LogP contribution in [-0.4, -0.2) is 11.4 Å². The molecule has 0 aliphatic carbocycles. The number of rotatable bonds is 2. The van der Waals surface area contributed by atoms with Crippen molar-refractivity contribution in [1.29, 1.82) is 5.26 Å².